The number of nitrogens with zero attached hydrogens (tertiary/aromatic N) is 1. The second kappa shape index (κ2) is 9.67. The van der Waals surface area contributed by atoms with E-state index in [0.29, 0.717) is 13.2 Å². The average Bonchev–Trinajstić information content (AvgIpc) is 2.69. The van der Waals surface area contributed by atoms with Crippen LogP contribution in [-0.4, -0.2) is 50.7 Å². The number of hydrogen-bond acceptors (Lipinski definition) is 4. The summed E-state index contributed by atoms with van der Waals surface area (Å²) in [6.45, 7) is 8.57. The maximum absolute atomic E-state index is 12.9. The predicted octanol–water partition coefficient (Wildman–Crippen LogP) is 2.55. The number of likely N-dealkylation sites (tertiary alicyclic amines) is 1. The first kappa shape index (κ1) is 20.3. The Morgan fingerprint density at radius 3 is 2.67 bits per heavy atom. The van der Waals surface area contributed by atoms with Crippen LogP contribution in [0.5, 0.6) is 0 Å². The Kier molecular flexibility index (Phi) is 7.27. The van der Waals surface area contributed by atoms with Crippen molar-refractivity contribution in [3.8, 4) is 0 Å². The third-order valence-corrected chi connectivity index (χ3v) is 6.19. The maximum atomic E-state index is 12.9. The summed E-state index contributed by atoms with van der Waals surface area (Å²) in [5, 5.41) is 6.51. The van der Waals surface area contributed by atoms with Crippen molar-refractivity contribution >= 4 is 5.91 Å². The van der Waals surface area contributed by atoms with Crippen LogP contribution in [0.25, 0.3) is 0 Å². The lowest BCUT2D eigenvalue weighted by atomic mass is 9.78. The van der Waals surface area contributed by atoms with E-state index in [2.05, 4.69) is 46.7 Å². The molecular formula is C22H35N3O2. The summed E-state index contributed by atoms with van der Waals surface area (Å²) in [5.41, 5.74) is 2.12. The average molecular weight is 374 g/mol. The molecule has 0 atom stereocenters. The molecule has 2 aliphatic rings. The largest absolute Gasteiger partial charge is 0.384 e. The van der Waals surface area contributed by atoms with Gasteiger partial charge in [0.05, 0.1) is 12.0 Å². The van der Waals surface area contributed by atoms with E-state index in [1.54, 1.807) is 7.11 Å². The second-order valence-electron chi connectivity index (χ2n) is 8.42. The molecule has 0 aromatic heterocycles. The van der Waals surface area contributed by atoms with Crippen molar-refractivity contribution in [1.29, 1.82) is 0 Å². The van der Waals surface area contributed by atoms with E-state index in [-0.39, 0.29) is 11.3 Å². The highest BCUT2D eigenvalue weighted by molar-refractivity contribution is 5.83. The number of nitrogens with one attached hydrogen (secondary N) is 2. The van der Waals surface area contributed by atoms with E-state index in [4.69, 9.17) is 4.74 Å². The molecular weight excluding hydrogens is 338 g/mol. The summed E-state index contributed by atoms with van der Waals surface area (Å²) in [6, 6.07) is 8.65. The van der Waals surface area contributed by atoms with Crippen molar-refractivity contribution in [3.63, 3.8) is 0 Å². The minimum absolute atomic E-state index is 0.126. The monoisotopic (exact) mass is 373 g/mol. The molecule has 1 aromatic carbocycles. The summed E-state index contributed by atoms with van der Waals surface area (Å²) in [6.07, 6.45) is 4.26. The van der Waals surface area contributed by atoms with Gasteiger partial charge in [0.2, 0.25) is 5.91 Å². The van der Waals surface area contributed by atoms with Crippen LogP contribution in [0.3, 0.4) is 0 Å². The highest BCUT2D eigenvalue weighted by atomic mass is 16.5. The standard InChI is InChI=1S/C22H35N3O2/c1-18-6-12-25(13-7-18)16-20-5-3-4-19(14-20)15-24-21(26)22(17-27-2)8-10-23-11-9-22/h3-5,14,18,23H,6-13,15-17H2,1-2H3,(H,24,26). The highest BCUT2D eigenvalue weighted by Gasteiger charge is 2.39. The van der Waals surface area contributed by atoms with Crippen LogP contribution in [0, 0.1) is 11.3 Å². The summed E-state index contributed by atoms with van der Waals surface area (Å²) in [5.74, 6) is 0.985. The Hall–Kier alpha value is -1.43. The summed E-state index contributed by atoms with van der Waals surface area (Å²) < 4.78 is 5.37. The van der Waals surface area contributed by atoms with Crippen LogP contribution in [0.15, 0.2) is 24.3 Å². The minimum Gasteiger partial charge on any atom is -0.384 e. The fourth-order valence-corrected chi connectivity index (χ4v) is 4.30. The van der Waals surface area contributed by atoms with Crippen molar-refractivity contribution in [3.05, 3.63) is 35.4 Å². The van der Waals surface area contributed by atoms with Gasteiger partial charge in [-0.1, -0.05) is 31.2 Å². The number of ether oxygens (including phenoxy) is 1. The van der Waals surface area contributed by atoms with Crippen LogP contribution >= 0.6 is 0 Å². The van der Waals surface area contributed by atoms with Gasteiger partial charge in [0.25, 0.3) is 0 Å². The normalized spacial score (nSPS) is 21.1. The van der Waals surface area contributed by atoms with Gasteiger partial charge in [0, 0.05) is 20.2 Å². The van der Waals surface area contributed by atoms with E-state index >= 15 is 0 Å². The maximum Gasteiger partial charge on any atom is 0.228 e. The van der Waals surface area contributed by atoms with Crippen molar-refractivity contribution in [2.24, 2.45) is 11.3 Å². The van der Waals surface area contributed by atoms with Crippen molar-refractivity contribution in [2.75, 3.05) is 39.9 Å². The van der Waals surface area contributed by atoms with Gasteiger partial charge in [-0.2, -0.15) is 0 Å². The smallest absolute Gasteiger partial charge is 0.228 e. The Bertz CT molecular complexity index is 600. The van der Waals surface area contributed by atoms with Crippen molar-refractivity contribution in [2.45, 2.75) is 45.7 Å². The third kappa shape index (κ3) is 5.53. The molecule has 3 rings (SSSR count). The minimum atomic E-state index is -0.387. The molecule has 2 N–H and O–H groups in total. The molecule has 5 nitrogen and oxygen atoms in total. The highest BCUT2D eigenvalue weighted by Crippen LogP contribution is 2.29. The molecule has 1 amide bonds. The van der Waals surface area contributed by atoms with E-state index in [1.807, 2.05) is 0 Å². The zero-order valence-electron chi connectivity index (χ0n) is 16.9. The van der Waals surface area contributed by atoms with Crippen molar-refractivity contribution < 1.29 is 9.53 Å². The van der Waals surface area contributed by atoms with E-state index in [1.165, 1.54) is 37.1 Å². The number of benzene rings is 1. The lowest BCUT2D eigenvalue weighted by Crippen LogP contribution is -2.49. The molecule has 5 heteroatoms. The zero-order chi connectivity index (χ0) is 19.1. The molecule has 2 aliphatic heterocycles. The molecule has 1 aromatic rings. The van der Waals surface area contributed by atoms with Gasteiger partial charge >= 0.3 is 0 Å². The van der Waals surface area contributed by atoms with E-state index in [9.17, 15) is 4.79 Å². The van der Waals surface area contributed by atoms with Crippen LogP contribution in [0.1, 0.15) is 43.7 Å². The van der Waals surface area contributed by atoms with Crippen LogP contribution in [0.4, 0.5) is 0 Å². The number of hydrogen-bond donors (Lipinski definition) is 2. The molecule has 2 saturated heterocycles. The number of rotatable bonds is 7. The molecule has 2 heterocycles. The molecule has 150 valence electrons. The molecule has 2 fully saturated rings. The predicted molar refractivity (Wildman–Crippen MR) is 108 cm³/mol. The Morgan fingerprint density at radius 2 is 1.96 bits per heavy atom. The summed E-state index contributed by atoms with van der Waals surface area (Å²) >= 11 is 0. The first-order chi connectivity index (χ1) is 13.1. The van der Waals surface area contributed by atoms with Gasteiger partial charge < -0.3 is 15.4 Å². The first-order valence-electron chi connectivity index (χ1n) is 10.4. The third-order valence-electron chi connectivity index (χ3n) is 6.19. The molecule has 0 bridgehead atoms. The summed E-state index contributed by atoms with van der Waals surface area (Å²) in [4.78, 5) is 15.4. The van der Waals surface area contributed by atoms with Crippen molar-refractivity contribution in [1.82, 2.24) is 15.5 Å². The van der Waals surface area contributed by atoms with Gasteiger partial charge in [0.1, 0.15) is 0 Å². The van der Waals surface area contributed by atoms with Gasteiger partial charge in [-0.05, 0) is 68.9 Å². The van der Waals surface area contributed by atoms with Crippen LogP contribution < -0.4 is 10.6 Å². The topological polar surface area (TPSA) is 53.6 Å². The molecule has 0 saturated carbocycles. The number of piperidine rings is 2. The molecule has 27 heavy (non-hydrogen) atoms. The second-order valence-corrected chi connectivity index (χ2v) is 8.42. The number of methoxy groups -OCH3 is 1. The molecule has 0 radical (unpaired) electrons. The molecule has 0 aliphatic carbocycles. The molecule has 0 unspecified atom stereocenters. The van der Waals surface area contributed by atoms with Crippen LogP contribution in [-0.2, 0) is 22.6 Å². The number of carbonyl (C=O) groups excluding carboxylic acids is 1. The fourth-order valence-electron chi connectivity index (χ4n) is 4.30. The van der Waals surface area contributed by atoms with Gasteiger partial charge in [0.15, 0.2) is 0 Å². The fraction of sp³-hybridized carbons (Fsp3) is 0.682. The lowest BCUT2D eigenvalue weighted by molar-refractivity contribution is -0.136. The number of amides is 1. The van der Waals surface area contributed by atoms with E-state index in [0.717, 1.165) is 38.4 Å². The van der Waals surface area contributed by atoms with Gasteiger partial charge in [-0.25, -0.2) is 0 Å². The van der Waals surface area contributed by atoms with Crippen LogP contribution in [0.2, 0.25) is 0 Å². The molecule has 0 spiro atoms. The van der Waals surface area contributed by atoms with Gasteiger partial charge in [-0.15, -0.1) is 0 Å². The Morgan fingerprint density at radius 1 is 1.26 bits per heavy atom. The lowest BCUT2D eigenvalue weighted by Gasteiger charge is -2.35. The summed E-state index contributed by atoms with van der Waals surface area (Å²) in [7, 11) is 1.68. The van der Waals surface area contributed by atoms with Gasteiger partial charge in [-0.3, -0.25) is 9.69 Å². The number of carbonyl (C=O) groups is 1. The SMILES string of the molecule is COCC1(C(=O)NCc2cccc(CN3CCC(C)CC3)c2)CCNCC1. The Balaban J connectivity index is 1.55. The first-order valence-corrected chi connectivity index (χ1v) is 10.4. The van der Waals surface area contributed by atoms with E-state index < -0.39 is 0 Å². The Labute approximate surface area is 163 Å². The quantitative estimate of drug-likeness (QED) is 0.771. The zero-order valence-corrected chi connectivity index (χ0v) is 16.9.